The number of aliphatic hydroxyl groups excluding tert-OH is 1. The number of nitrogens with two attached hydrogens (primary N) is 1. The van der Waals surface area contributed by atoms with E-state index in [0.29, 0.717) is 23.5 Å². The fraction of sp³-hybridized carbons (Fsp3) is 0.414. The molecule has 1 aliphatic rings. The zero-order valence-electron chi connectivity index (χ0n) is 22.3. The molecule has 0 amide bonds. The lowest BCUT2D eigenvalue weighted by Gasteiger charge is -2.46. The molecule has 0 saturated heterocycles. The molecule has 1 saturated carbocycles. The van der Waals surface area contributed by atoms with Crippen molar-refractivity contribution in [2.45, 2.75) is 70.5 Å². The van der Waals surface area contributed by atoms with Gasteiger partial charge in [0.25, 0.3) is 0 Å². The molecule has 1 atom stereocenters. The van der Waals surface area contributed by atoms with Crippen molar-refractivity contribution in [2.75, 3.05) is 0 Å². The van der Waals surface area contributed by atoms with Gasteiger partial charge < -0.3 is 15.3 Å². The van der Waals surface area contributed by atoms with Gasteiger partial charge in [0.1, 0.15) is 0 Å². The first-order chi connectivity index (χ1) is 17.6. The fourth-order valence-electron chi connectivity index (χ4n) is 4.66. The zero-order valence-corrected chi connectivity index (χ0v) is 23.3. The van der Waals surface area contributed by atoms with Gasteiger partial charge in [-0.2, -0.15) is 5.10 Å². The third kappa shape index (κ3) is 5.11. The molecule has 1 aliphatic carbocycles. The van der Waals surface area contributed by atoms with Crippen LogP contribution in [0.4, 0.5) is 0 Å². The summed E-state index contributed by atoms with van der Waals surface area (Å²) in [5, 5.41) is 15.2. The normalized spacial score (nSPS) is 19.1. The minimum atomic E-state index is -1.77. The van der Waals surface area contributed by atoms with E-state index in [-0.39, 0.29) is 17.7 Å². The lowest BCUT2D eigenvalue weighted by atomic mass is 9.76. The minimum absolute atomic E-state index is 0.112. The number of pyridine rings is 2. The molecule has 37 heavy (non-hydrogen) atoms. The second kappa shape index (κ2) is 9.76. The Balaban J connectivity index is 1.35. The molecule has 194 valence electrons. The van der Waals surface area contributed by atoms with Gasteiger partial charge >= 0.3 is 0 Å². The second-order valence-corrected chi connectivity index (χ2v) is 16.4. The van der Waals surface area contributed by atoms with Gasteiger partial charge in [-0.25, -0.2) is 9.67 Å². The molecule has 8 heteroatoms. The van der Waals surface area contributed by atoms with Crippen LogP contribution in [0.25, 0.3) is 28.0 Å². The van der Waals surface area contributed by atoms with Crippen LogP contribution in [0.2, 0.25) is 18.1 Å². The van der Waals surface area contributed by atoms with Crippen molar-refractivity contribution >= 4 is 19.2 Å². The van der Waals surface area contributed by atoms with Crippen LogP contribution < -0.4 is 5.73 Å². The summed E-state index contributed by atoms with van der Waals surface area (Å²) < 4.78 is 8.37. The van der Waals surface area contributed by atoms with Gasteiger partial charge in [0, 0.05) is 17.1 Å². The molecular formula is C29H37N5O2Si. The predicted molar refractivity (Wildman–Crippen MR) is 150 cm³/mol. The largest absolute Gasteiger partial charge is 0.414 e. The van der Waals surface area contributed by atoms with Crippen molar-refractivity contribution in [1.82, 2.24) is 19.7 Å². The first-order valence-corrected chi connectivity index (χ1v) is 15.9. The molecule has 3 aromatic heterocycles. The van der Waals surface area contributed by atoms with Gasteiger partial charge in [0.05, 0.1) is 41.4 Å². The maximum absolute atomic E-state index is 9.48. The Morgan fingerprint density at radius 2 is 1.84 bits per heavy atom. The van der Waals surface area contributed by atoms with E-state index in [9.17, 15) is 5.11 Å². The maximum Gasteiger partial charge on any atom is 0.192 e. The van der Waals surface area contributed by atoms with Gasteiger partial charge in [-0.15, -0.1) is 0 Å². The molecule has 0 bridgehead atoms. The highest BCUT2D eigenvalue weighted by atomic mass is 28.4. The van der Waals surface area contributed by atoms with Crippen LogP contribution in [0.1, 0.15) is 51.0 Å². The summed E-state index contributed by atoms with van der Waals surface area (Å²) in [6, 6.07) is 17.7. The smallest absolute Gasteiger partial charge is 0.192 e. The van der Waals surface area contributed by atoms with E-state index in [4.69, 9.17) is 15.1 Å². The summed E-state index contributed by atoms with van der Waals surface area (Å²) in [6.07, 6.45) is 4.11. The molecule has 4 aromatic rings. The molecule has 0 spiro atoms. The SMILES string of the molecule is CC(C)(C)[Si](C)(C)OC1CC(C(N)c2cccc(-c3ccc4cnn(-c5cccc(CO)n5)c4c3)n2)C1. The molecule has 3 N–H and O–H groups in total. The lowest BCUT2D eigenvalue weighted by molar-refractivity contribution is 0.0395. The Labute approximate surface area is 219 Å². The molecule has 0 radical (unpaired) electrons. The fourth-order valence-corrected chi connectivity index (χ4v) is 6.04. The third-order valence-electron chi connectivity index (χ3n) is 8.06. The molecular weight excluding hydrogens is 478 g/mol. The van der Waals surface area contributed by atoms with E-state index < -0.39 is 8.32 Å². The number of nitrogens with zero attached hydrogens (tertiary/aromatic N) is 4. The lowest BCUT2D eigenvalue weighted by Crippen LogP contribution is -2.49. The first-order valence-electron chi connectivity index (χ1n) is 13.0. The van der Waals surface area contributed by atoms with Crippen molar-refractivity contribution in [2.24, 2.45) is 11.7 Å². The molecule has 3 heterocycles. The summed E-state index contributed by atoms with van der Waals surface area (Å²) in [7, 11) is -1.77. The van der Waals surface area contributed by atoms with Crippen LogP contribution in [0.5, 0.6) is 0 Å². The number of rotatable bonds is 7. The van der Waals surface area contributed by atoms with Gasteiger partial charge in [-0.3, -0.25) is 4.98 Å². The van der Waals surface area contributed by atoms with E-state index in [0.717, 1.165) is 40.7 Å². The van der Waals surface area contributed by atoms with Crippen molar-refractivity contribution in [3.63, 3.8) is 0 Å². The van der Waals surface area contributed by atoms with Crippen LogP contribution in [0.15, 0.2) is 60.8 Å². The van der Waals surface area contributed by atoms with Crippen LogP contribution >= 0.6 is 0 Å². The summed E-state index contributed by atoms with van der Waals surface area (Å²) in [5.74, 6) is 1.05. The van der Waals surface area contributed by atoms with Crippen molar-refractivity contribution in [3.05, 3.63) is 72.2 Å². The summed E-state index contributed by atoms with van der Waals surface area (Å²) in [4.78, 5) is 9.48. The van der Waals surface area contributed by atoms with Crippen molar-refractivity contribution in [1.29, 1.82) is 0 Å². The molecule has 7 nitrogen and oxygen atoms in total. The monoisotopic (exact) mass is 515 g/mol. The molecule has 1 fully saturated rings. The summed E-state index contributed by atoms with van der Waals surface area (Å²) in [6.45, 7) is 11.4. The molecule has 5 rings (SSSR count). The van der Waals surface area contributed by atoms with E-state index in [1.807, 2.05) is 42.6 Å². The average Bonchev–Trinajstić information content (AvgIpc) is 3.28. The van der Waals surface area contributed by atoms with E-state index in [2.05, 4.69) is 56.1 Å². The van der Waals surface area contributed by atoms with E-state index >= 15 is 0 Å². The Morgan fingerprint density at radius 1 is 1.08 bits per heavy atom. The Hall–Kier alpha value is -2.91. The highest BCUT2D eigenvalue weighted by molar-refractivity contribution is 6.74. The van der Waals surface area contributed by atoms with Gasteiger partial charge in [-0.1, -0.05) is 45.0 Å². The van der Waals surface area contributed by atoms with Crippen LogP contribution in [-0.4, -0.2) is 39.3 Å². The summed E-state index contributed by atoms with van der Waals surface area (Å²) >= 11 is 0. The number of benzene rings is 1. The van der Waals surface area contributed by atoms with Crippen LogP contribution in [0.3, 0.4) is 0 Å². The number of hydrogen-bond acceptors (Lipinski definition) is 6. The number of aromatic nitrogens is 4. The zero-order chi connectivity index (χ0) is 26.4. The number of hydrogen-bond donors (Lipinski definition) is 2. The Bertz CT molecular complexity index is 1400. The maximum atomic E-state index is 9.48. The molecule has 1 unspecified atom stereocenters. The number of fused-ring (bicyclic) bond motifs is 1. The molecule has 0 aliphatic heterocycles. The highest BCUT2D eigenvalue weighted by Gasteiger charge is 2.43. The van der Waals surface area contributed by atoms with Gasteiger partial charge in [0.15, 0.2) is 14.1 Å². The highest BCUT2D eigenvalue weighted by Crippen LogP contribution is 2.44. The van der Waals surface area contributed by atoms with Crippen molar-refractivity contribution in [3.8, 4) is 17.1 Å². The predicted octanol–water partition coefficient (Wildman–Crippen LogP) is 5.78. The average molecular weight is 516 g/mol. The number of aliphatic hydroxyl groups is 1. The topological polar surface area (TPSA) is 99.1 Å². The standard InChI is InChI=1S/C29H37N5O2Si/c1-29(2,3)37(4,5)36-23-14-21(15-23)28(30)25-10-7-9-24(33-25)19-12-13-20-17-31-34(26(20)16-19)27-11-6-8-22(18-35)32-27/h6-13,16-17,21,23,28,35H,14-15,18,30H2,1-5H3. The van der Waals surface area contributed by atoms with E-state index in [1.54, 1.807) is 10.7 Å². The first kappa shape index (κ1) is 25.7. The Kier molecular flexibility index (Phi) is 6.78. The van der Waals surface area contributed by atoms with Gasteiger partial charge in [0.2, 0.25) is 0 Å². The Morgan fingerprint density at radius 3 is 2.57 bits per heavy atom. The quantitative estimate of drug-likeness (QED) is 0.303. The minimum Gasteiger partial charge on any atom is -0.414 e. The second-order valence-electron chi connectivity index (χ2n) is 11.7. The van der Waals surface area contributed by atoms with E-state index in [1.165, 1.54) is 0 Å². The van der Waals surface area contributed by atoms with Crippen LogP contribution in [-0.2, 0) is 11.0 Å². The summed E-state index contributed by atoms with van der Waals surface area (Å²) in [5.41, 5.74) is 11.0. The van der Waals surface area contributed by atoms with Crippen LogP contribution in [0, 0.1) is 5.92 Å². The third-order valence-corrected chi connectivity index (χ3v) is 12.6. The van der Waals surface area contributed by atoms with Crippen molar-refractivity contribution < 1.29 is 9.53 Å². The molecule has 1 aromatic carbocycles. The van der Waals surface area contributed by atoms with Gasteiger partial charge in [-0.05, 0) is 67.2 Å².